The molecule has 2 aromatic heterocycles. The Morgan fingerprint density at radius 3 is 1.25 bits per heavy atom. The Labute approximate surface area is 240 Å². The molecule has 6 heteroatoms. The first-order chi connectivity index (χ1) is 19.6. The number of rotatable bonds is 18. The summed E-state index contributed by atoms with van der Waals surface area (Å²) in [5.74, 6) is -0.410. The number of aryl methyl sites for hydroxylation is 2. The summed E-state index contributed by atoms with van der Waals surface area (Å²) in [5.41, 5.74) is 2.30. The van der Waals surface area contributed by atoms with Crippen molar-refractivity contribution in [2.24, 2.45) is 0 Å². The first-order valence-corrected chi connectivity index (χ1v) is 15.3. The summed E-state index contributed by atoms with van der Waals surface area (Å²) < 4.78 is 4.25. The van der Waals surface area contributed by atoms with Gasteiger partial charge in [-0.05, 0) is 25.0 Å². The van der Waals surface area contributed by atoms with Crippen LogP contribution in [0.5, 0.6) is 0 Å². The number of hydrogen-bond donors (Lipinski definition) is 2. The Morgan fingerprint density at radius 2 is 0.875 bits per heavy atom. The van der Waals surface area contributed by atoms with Gasteiger partial charge < -0.3 is 10.6 Å². The van der Waals surface area contributed by atoms with E-state index in [1.165, 1.54) is 64.2 Å². The minimum Gasteiger partial charge on any atom is -0.320 e. The van der Waals surface area contributed by atoms with Crippen molar-refractivity contribution in [3.63, 3.8) is 0 Å². The second kappa shape index (κ2) is 17.9. The lowest BCUT2D eigenvalue weighted by Gasteiger charge is -2.12. The van der Waals surface area contributed by atoms with Crippen LogP contribution in [-0.4, -0.2) is 11.8 Å². The van der Waals surface area contributed by atoms with Gasteiger partial charge in [-0.15, -0.1) is 0 Å². The van der Waals surface area contributed by atoms with Crippen molar-refractivity contribution in [1.82, 2.24) is 0 Å². The molecule has 2 heterocycles. The van der Waals surface area contributed by atoms with Crippen LogP contribution in [0.25, 0.3) is 0 Å². The van der Waals surface area contributed by atoms with Crippen LogP contribution in [0.4, 0.5) is 11.4 Å². The number of unbranched alkanes of at least 4 members (excludes halogenated alkanes) is 10. The van der Waals surface area contributed by atoms with Crippen molar-refractivity contribution in [1.29, 1.82) is 0 Å². The molecule has 0 saturated carbocycles. The number of amides is 2. The molecule has 0 fully saturated rings. The molecule has 214 valence electrons. The molecule has 0 unspecified atom stereocenters. The molecule has 0 aliphatic rings. The average Bonchev–Trinajstić information content (AvgIpc) is 2.98. The van der Waals surface area contributed by atoms with E-state index in [2.05, 4.69) is 33.6 Å². The molecule has 0 radical (unpaired) electrons. The number of anilines is 2. The highest BCUT2D eigenvalue weighted by molar-refractivity contribution is 6.09. The minimum atomic E-state index is -0.205. The smallest absolute Gasteiger partial charge is 0.256 e. The summed E-state index contributed by atoms with van der Waals surface area (Å²) in [6.07, 6.45) is 23.0. The molecule has 0 bridgehead atoms. The number of hydrogen-bond acceptors (Lipinski definition) is 2. The fraction of sp³-hybridized carbons (Fsp3) is 0.471. The second-order valence-electron chi connectivity index (χ2n) is 10.6. The van der Waals surface area contributed by atoms with Crippen LogP contribution in [0, 0.1) is 0 Å². The topological polar surface area (TPSA) is 66.0 Å². The Hall–Kier alpha value is -3.54. The van der Waals surface area contributed by atoms with E-state index in [9.17, 15) is 9.59 Å². The fourth-order valence-electron chi connectivity index (χ4n) is 4.76. The summed E-state index contributed by atoms with van der Waals surface area (Å²) in [7, 11) is 0. The predicted molar refractivity (Wildman–Crippen MR) is 162 cm³/mol. The van der Waals surface area contributed by atoms with E-state index in [0.717, 1.165) is 25.9 Å². The van der Waals surface area contributed by atoms with Gasteiger partial charge in [0, 0.05) is 37.1 Å². The molecular weight excluding hydrogens is 496 g/mol. The number of nitrogens with zero attached hydrogens (tertiary/aromatic N) is 2. The van der Waals surface area contributed by atoms with Gasteiger partial charge >= 0.3 is 0 Å². The van der Waals surface area contributed by atoms with Gasteiger partial charge in [-0.2, -0.15) is 0 Å². The molecule has 2 amide bonds. The van der Waals surface area contributed by atoms with Gasteiger partial charge in [-0.3, -0.25) is 9.59 Å². The molecule has 0 atom stereocenters. The van der Waals surface area contributed by atoms with Gasteiger partial charge in [0.1, 0.15) is 13.1 Å². The van der Waals surface area contributed by atoms with Crippen molar-refractivity contribution < 1.29 is 18.7 Å². The van der Waals surface area contributed by atoms with Gasteiger partial charge in [0.2, 0.25) is 0 Å². The van der Waals surface area contributed by atoms with Crippen molar-refractivity contribution in [3.8, 4) is 0 Å². The third-order valence-corrected chi connectivity index (χ3v) is 7.27. The van der Waals surface area contributed by atoms with Gasteiger partial charge in [-0.1, -0.05) is 77.3 Å². The Kier molecular flexibility index (Phi) is 13.9. The first kappa shape index (κ1) is 31.0. The maximum absolute atomic E-state index is 13.0. The normalized spacial score (nSPS) is 10.8. The first-order valence-electron chi connectivity index (χ1n) is 15.3. The molecule has 0 saturated heterocycles. The highest BCUT2D eigenvalue weighted by Gasteiger charge is 2.14. The molecule has 6 nitrogen and oxygen atoms in total. The predicted octanol–water partition coefficient (Wildman–Crippen LogP) is 7.49. The highest BCUT2D eigenvalue weighted by Crippen LogP contribution is 2.22. The maximum atomic E-state index is 13.0. The van der Waals surface area contributed by atoms with Gasteiger partial charge in [0.25, 0.3) is 11.8 Å². The summed E-state index contributed by atoms with van der Waals surface area (Å²) >= 11 is 0. The van der Waals surface area contributed by atoms with E-state index in [1.54, 1.807) is 12.1 Å². The van der Waals surface area contributed by atoms with Crippen LogP contribution in [0.2, 0.25) is 0 Å². The van der Waals surface area contributed by atoms with E-state index in [1.807, 2.05) is 61.2 Å². The lowest BCUT2D eigenvalue weighted by molar-refractivity contribution is -0.697. The lowest BCUT2D eigenvalue weighted by Crippen LogP contribution is -2.33. The van der Waals surface area contributed by atoms with Crippen molar-refractivity contribution >= 4 is 23.2 Å². The zero-order valence-electron chi connectivity index (χ0n) is 24.5. The lowest BCUT2D eigenvalue weighted by atomic mass is 10.1. The summed E-state index contributed by atoms with van der Waals surface area (Å²) in [6.45, 7) is 6.39. The monoisotopic (exact) mass is 544 g/mol. The van der Waals surface area contributed by atoms with Crippen molar-refractivity contribution in [2.45, 2.75) is 104 Å². The van der Waals surface area contributed by atoms with E-state index in [0.29, 0.717) is 22.5 Å². The number of para-hydroxylation sites is 2. The zero-order chi connectivity index (χ0) is 28.4. The van der Waals surface area contributed by atoms with Gasteiger partial charge in [-0.25, -0.2) is 9.13 Å². The fourth-order valence-corrected chi connectivity index (χ4v) is 4.76. The van der Waals surface area contributed by atoms with Crippen LogP contribution < -0.4 is 19.8 Å². The standard InChI is InChI=1S/C34H46N4O2/c1-3-5-7-9-11-15-23-37-25-19-29(20-26-37)33(39)35-31-17-13-14-18-32(31)36-34(40)30-21-27-38(28-22-30)24-16-12-10-8-6-4-2/h13-14,17-22,25-28H,3-12,15-16,23-24H2,1-2H3/p+2. The summed E-state index contributed by atoms with van der Waals surface area (Å²) in [4.78, 5) is 25.9. The van der Waals surface area contributed by atoms with Crippen LogP contribution in [0.3, 0.4) is 0 Å². The molecular formula is C34H48N4O2+2. The molecule has 3 aromatic rings. The molecule has 40 heavy (non-hydrogen) atoms. The molecule has 0 aliphatic heterocycles. The average molecular weight is 545 g/mol. The summed E-state index contributed by atoms with van der Waals surface area (Å²) in [6, 6.07) is 14.7. The number of carbonyl (C=O) groups is 2. The van der Waals surface area contributed by atoms with Crippen LogP contribution in [-0.2, 0) is 13.1 Å². The Morgan fingerprint density at radius 1 is 0.525 bits per heavy atom. The van der Waals surface area contributed by atoms with Crippen LogP contribution in [0.1, 0.15) is 112 Å². The maximum Gasteiger partial charge on any atom is 0.256 e. The number of carbonyl (C=O) groups excluding carboxylic acids is 2. The summed E-state index contributed by atoms with van der Waals surface area (Å²) in [5, 5.41) is 5.92. The number of nitrogens with one attached hydrogen (secondary N) is 2. The van der Waals surface area contributed by atoms with Crippen LogP contribution in [0.15, 0.2) is 73.3 Å². The van der Waals surface area contributed by atoms with E-state index >= 15 is 0 Å². The molecule has 3 rings (SSSR count). The SMILES string of the molecule is CCCCCCCC[n+]1ccc(C(=O)Nc2ccccc2NC(=O)c2cc[n+](CCCCCCCC)cc2)cc1. The largest absolute Gasteiger partial charge is 0.320 e. The molecule has 2 N–H and O–H groups in total. The van der Waals surface area contributed by atoms with Crippen molar-refractivity contribution in [3.05, 3.63) is 84.4 Å². The Balaban J connectivity index is 1.49. The third kappa shape index (κ3) is 10.9. The third-order valence-electron chi connectivity index (χ3n) is 7.27. The number of pyridine rings is 2. The quantitative estimate of drug-likeness (QED) is 0.129. The zero-order valence-corrected chi connectivity index (χ0v) is 24.5. The molecule has 0 spiro atoms. The second-order valence-corrected chi connectivity index (χ2v) is 10.6. The molecule has 1 aromatic carbocycles. The minimum absolute atomic E-state index is 0.205. The van der Waals surface area contributed by atoms with E-state index in [-0.39, 0.29) is 11.8 Å². The van der Waals surface area contributed by atoms with Crippen LogP contribution >= 0.6 is 0 Å². The Bertz CT molecular complexity index is 1070. The van der Waals surface area contributed by atoms with Crippen molar-refractivity contribution in [2.75, 3.05) is 10.6 Å². The number of benzene rings is 1. The number of aromatic nitrogens is 2. The molecule has 0 aliphatic carbocycles. The van der Waals surface area contributed by atoms with Gasteiger partial charge in [0.15, 0.2) is 24.8 Å². The van der Waals surface area contributed by atoms with Gasteiger partial charge in [0.05, 0.1) is 22.5 Å². The van der Waals surface area contributed by atoms with E-state index < -0.39 is 0 Å². The highest BCUT2D eigenvalue weighted by atomic mass is 16.2. The van der Waals surface area contributed by atoms with E-state index in [4.69, 9.17) is 0 Å².